The second kappa shape index (κ2) is 9.34. The largest absolute Gasteiger partial charge is 0.487 e. The first-order valence-electron chi connectivity index (χ1n) is 12.6. The van der Waals surface area contributed by atoms with Crippen LogP contribution in [0.4, 0.5) is 5.82 Å². The van der Waals surface area contributed by atoms with Crippen LogP contribution in [0.5, 0.6) is 5.75 Å². The van der Waals surface area contributed by atoms with E-state index >= 15 is 0 Å². The predicted molar refractivity (Wildman–Crippen MR) is 136 cm³/mol. The molecule has 1 unspecified atom stereocenters. The number of fused-ring (bicyclic) bond motifs is 2. The summed E-state index contributed by atoms with van der Waals surface area (Å²) in [5, 5.41) is 0. The summed E-state index contributed by atoms with van der Waals surface area (Å²) in [6.45, 7) is 6.07. The van der Waals surface area contributed by atoms with Crippen molar-refractivity contribution in [1.29, 1.82) is 0 Å². The first kappa shape index (κ1) is 22.1. The van der Waals surface area contributed by atoms with E-state index in [9.17, 15) is 4.79 Å². The molecular weight excluding hydrogens is 436 g/mol. The minimum Gasteiger partial charge on any atom is -0.487 e. The number of amides is 1. The van der Waals surface area contributed by atoms with Crippen LogP contribution < -0.4 is 9.64 Å². The third kappa shape index (κ3) is 4.50. The molecule has 6 rings (SSSR count). The number of ether oxygens (including phenoxy) is 1. The van der Waals surface area contributed by atoms with Gasteiger partial charge in [-0.25, -0.2) is 4.98 Å². The summed E-state index contributed by atoms with van der Waals surface area (Å²) in [5.41, 5.74) is 3.61. The van der Waals surface area contributed by atoms with Crippen LogP contribution in [0.1, 0.15) is 29.5 Å². The smallest absolute Gasteiger partial charge is 0.240 e. The number of pyridine rings is 1. The van der Waals surface area contributed by atoms with Crippen molar-refractivity contribution in [2.45, 2.75) is 51.0 Å². The number of likely N-dealkylation sites (tertiary alicyclic amines) is 2. The van der Waals surface area contributed by atoms with Crippen molar-refractivity contribution in [3.05, 3.63) is 89.6 Å². The highest BCUT2D eigenvalue weighted by molar-refractivity contribution is 5.84. The zero-order chi connectivity index (χ0) is 23.8. The van der Waals surface area contributed by atoms with Crippen LogP contribution in [0.25, 0.3) is 0 Å². The Morgan fingerprint density at radius 1 is 0.943 bits per heavy atom. The molecule has 0 spiro atoms. The number of aryl methyl sites for hydroxylation is 1. The topological polar surface area (TPSA) is 48.9 Å². The lowest BCUT2D eigenvalue weighted by atomic mass is 10.1. The van der Waals surface area contributed by atoms with E-state index in [1.165, 1.54) is 11.1 Å². The Bertz CT molecular complexity index is 1170. The molecule has 2 aromatic carbocycles. The van der Waals surface area contributed by atoms with Gasteiger partial charge >= 0.3 is 0 Å². The minimum atomic E-state index is 0.0271. The number of aromatic nitrogens is 1. The van der Waals surface area contributed by atoms with Crippen molar-refractivity contribution in [1.82, 2.24) is 14.8 Å². The standard InChI is InChI=1S/C29H32N4O2/c1-21-7-9-22(10-8-21)17-31-14-13-27(29(31)34)32-18-25-15-24(32)19-33(25)28-12-11-26(16-30-28)35-20-23-5-3-2-4-6-23/h2-12,16,24-25,27H,13-15,17-20H2,1H3/t24-,25-,27?/m0/s1. The van der Waals surface area contributed by atoms with Gasteiger partial charge in [0.15, 0.2) is 0 Å². The van der Waals surface area contributed by atoms with E-state index < -0.39 is 0 Å². The molecule has 1 amide bonds. The molecule has 3 aliphatic heterocycles. The van der Waals surface area contributed by atoms with E-state index in [4.69, 9.17) is 9.72 Å². The van der Waals surface area contributed by atoms with Gasteiger partial charge in [-0.2, -0.15) is 0 Å². The summed E-state index contributed by atoms with van der Waals surface area (Å²) < 4.78 is 5.90. The van der Waals surface area contributed by atoms with Gasteiger partial charge in [0.25, 0.3) is 0 Å². The fraction of sp³-hybridized carbons (Fsp3) is 0.379. The monoisotopic (exact) mass is 468 g/mol. The lowest BCUT2D eigenvalue weighted by molar-refractivity contribution is -0.133. The molecule has 2 bridgehead atoms. The number of rotatable bonds is 7. The highest BCUT2D eigenvalue weighted by Gasteiger charge is 2.49. The predicted octanol–water partition coefficient (Wildman–Crippen LogP) is 4.03. The summed E-state index contributed by atoms with van der Waals surface area (Å²) in [7, 11) is 0. The van der Waals surface area contributed by atoms with Gasteiger partial charge in [0.1, 0.15) is 18.2 Å². The molecule has 6 heteroatoms. The maximum absolute atomic E-state index is 13.2. The molecule has 0 aliphatic carbocycles. The second-order valence-corrected chi connectivity index (χ2v) is 10.1. The molecule has 180 valence electrons. The lowest BCUT2D eigenvalue weighted by Gasteiger charge is -2.37. The van der Waals surface area contributed by atoms with Gasteiger partial charge < -0.3 is 14.5 Å². The Morgan fingerprint density at radius 2 is 1.77 bits per heavy atom. The van der Waals surface area contributed by atoms with Gasteiger partial charge in [-0.05, 0) is 43.0 Å². The molecular formula is C29H32N4O2. The van der Waals surface area contributed by atoms with Crippen molar-refractivity contribution in [3.63, 3.8) is 0 Å². The molecule has 0 saturated carbocycles. The van der Waals surface area contributed by atoms with Crippen LogP contribution in [0, 0.1) is 6.92 Å². The Morgan fingerprint density at radius 3 is 2.49 bits per heavy atom. The summed E-state index contributed by atoms with van der Waals surface area (Å²) >= 11 is 0. The van der Waals surface area contributed by atoms with Crippen molar-refractivity contribution >= 4 is 11.7 Å². The molecule has 3 fully saturated rings. The maximum atomic E-state index is 13.2. The van der Waals surface area contributed by atoms with Crippen molar-refractivity contribution < 1.29 is 9.53 Å². The molecule has 1 aromatic heterocycles. The van der Waals surface area contributed by atoms with E-state index in [1.807, 2.05) is 35.4 Å². The third-order valence-electron chi connectivity index (χ3n) is 7.71. The average Bonchev–Trinajstić information content (AvgIpc) is 3.60. The molecule has 6 nitrogen and oxygen atoms in total. The highest BCUT2D eigenvalue weighted by atomic mass is 16.5. The average molecular weight is 469 g/mol. The fourth-order valence-electron chi connectivity index (χ4n) is 5.83. The number of hydrogen-bond donors (Lipinski definition) is 0. The first-order valence-corrected chi connectivity index (χ1v) is 12.6. The Labute approximate surface area is 207 Å². The van der Waals surface area contributed by atoms with Crippen LogP contribution in [-0.4, -0.2) is 58.5 Å². The lowest BCUT2D eigenvalue weighted by Crippen LogP contribution is -2.52. The quantitative estimate of drug-likeness (QED) is 0.524. The molecule has 0 N–H and O–H groups in total. The molecule has 35 heavy (non-hydrogen) atoms. The minimum absolute atomic E-state index is 0.0271. The molecule has 3 saturated heterocycles. The summed E-state index contributed by atoms with van der Waals surface area (Å²) in [4.78, 5) is 24.9. The van der Waals surface area contributed by atoms with Gasteiger partial charge in [-0.15, -0.1) is 0 Å². The Balaban J connectivity index is 1.04. The van der Waals surface area contributed by atoms with Crippen LogP contribution in [-0.2, 0) is 17.9 Å². The summed E-state index contributed by atoms with van der Waals surface area (Å²) in [5.74, 6) is 2.08. The zero-order valence-corrected chi connectivity index (χ0v) is 20.2. The second-order valence-electron chi connectivity index (χ2n) is 10.1. The van der Waals surface area contributed by atoms with Gasteiger partial charge in [0, 0.05) is 38.3 Å². The van der Waals surface area contributed by atoms with E-state index in [1.54, 1.807) is 0 Å². The van der Waals surface area contributed by atoms with E-state index in [-0.39, 0.29) is 6.04 Å². The summed E-state index contributed by atoms with van der Waals surface area (Å²) in [6, 6.07) is 23.6. The Kier molecular flexibility index (Phi) is 5.90. The SMILES string of the molecule is Cc1ccc(CN2CCC(N3C[C@@H]4C[C@H]3CN4c3ccc(OCc4ccccc4)cn3)C2=O)cc1. The zero-order valence-electron chi connectivity index (χ0n) is 20.2. The number of carbonyl (C=O) groups excluding carboxylic acids is 1. The third-order valence-corrected chi connectivity index (χ3v) is 7.71. The maximum Gasteiger partial charge on any atom is 0.240 e. The van der Waals surface area contributed by atoms with Gasteiger partial charge in [-0.1, -0.05) is 60.2 Å². The van der Waals surface area contributed by atoms with Gasteiger partial charge in [0.05, 0.1) is 12.2 Å². The van der Waals surface area contributed by atoms with Crippen LogP contribution >= 0.6 is 0 Å². The van der Waals surface area contributed by atoms with Gasteiger partial charge in [0.2, 0.25) is 5.91 Å². The number of piperazine rings is 1. The summed E-state index contributed by atoms with van der Waals surface area (Å²) in [6.07, 6.45) is 3.86. The number of nitrogens with zero attached hydrogens (tertiary/aromatic N) is 4. The fourth-order valence-corrected chi connectivity index (χ4v) is 5.83. The van der Waals surface area contributed by atoms with Crippen LogP contribution in [0.2, 0.25) is 0 Å². The molecule has 0 radical (unpaired) electrons. The van der Waals surface area contributed by atoms with Crippen molar-refractivity contribution in [3.8, 4) is 5.75 Å². The van der Waals surface area contributed by atoms with Crippen LogP contribution in [0.15, 0.2) is 72.9 Å². The number of anilines is 1. The molecule has 4 heterocycles. The number of hydrogen-bond acceptors (Lipinski definition) is 5. The van der Waals surface area contributed by atoms with E-state index in [0.717, 1.165) is 49.6 Å². The van der Waals surface area contributed by atoms with Crippen molar-refractivity contribution in [2.24, 2.45) is 0 Å². The van der Waals surface area contributed by atoms with Gasteiger partial charge in [-0.3, -0.25) is 9.69 Å². The molecule has 3 atom stereocenters. The van der Waals surface area contributed by atoms with Crippen LogP contribution in [0.3, 0.4) is 0 Å². The van der Waals surface area contributed by atoms with E-state index in [0.29, 0.717) is 31.1 Å². The Hall–Kier alpha value is -3.38. The number of carbonyl (C=O) groups is 1. The van der Waals surface area contributed by atoms with Crippen molar-refractivity contribution in [2.75, 3.05) is 24.5 Å². The first-order chi connectivity index (χ1) is 17.1. The molecule has 3 aliphatic rings. The normalized spacial score (nSPS) is 23.9. The van der Waals surface area contributed by atoms with E-state index in [2.05, 4.69) is 59.2 Å². The highest BCUT2D eigenvalue weighted by Crippen LogP contribution is 2.37. The number of benzene rings is 2. The molecule has 3 aromatic rings.